The van der Waals surface area contributed by atoms with Gasteiger partial charge in [-0.1, -0.05) is 97.9 Å². The number of rotatable bonds is 13. The first-order valence-electron chi connectivity index (χ1n) is 18.3. The average molecular weight is 745 g/mol. The molecule has 1 unspecified atom stereocenters. The molecule has 0 aliphatic carbocycles. The fourth-order valence-corrected chi connectivity index (χ4v) is 7.04. The van der Waals surface area contributed by atoms with Gasteiger partial charge in [0.05, 0.1) is 0 Å². The molecule has 0 aliphatic rings. The third-order valence-corrected chi connectivity index (χ3v) is 10.0. The van der Waals surface area contributed by atoms with Gasteiger partial charge in [0.1, 0.15) is 17.2 Å². The van der Waals surface area contributed by atoms with E-state index in [1.807, 2.05) is 54.6 Å². The zero-order chi connectivity index (χ0) is 39.5. The summed E-state index contributed by atoms with van der Waals surface area (Å²) >= 11 is 0. The second-order valence-corrected chi connectivity index (χ2v) is 13.8. The second-order valence-electron chi connectivity index (χ2n) is 13.8. The van der Waals surface area contributed by atoms with Crippen molar-refractivity contribution < 1.29 is 46.0 Å². The van der Waals surface area contributed by atoms with E-state index in [9.17, 15) is 46.0 Å². The highest BCUT2D eigenvalue weighted by Crippen LogP contribution is 2.45. The van der Waals surface area contributed by atoms with Crippen molar-refractivity contribution in [3.05, 3.63) is 161 Å². The molecule has 0 heterocycles. The molecule has 0 aromatic heterocycles. The molecule has 286 valence electrons. The van der Waals surface area contributed by atoms with Gasteiger partial charge in [-0.15, -0.1) is 0 Å². The quantitative estimate of drug-likeness (QED) is 0.0520. The number of aromatic hydroxyl groups is 9. The summed E-state index contributed by atoms with van der Waals surface area (Å²) in [4.78, 5) is 0. The summed E-state index contributed by atoms with van der Waals surface area (Å²) in [7, 11) is 0. The summed E-state index contributed by atoms with van der Waals surface area (Å²) in [5.41, 5.74) is 4.02. The molecule has 9 heteroatoms. The van der Waals surface area contributed by atoms with Gasteiger partial charge in [0.25, 0.3) is 0 Å². The van der Waals surface area contributed by atoms with Gasteiger partial charge in [-0.3, -0.25) is 0 Å². The minimum absolute atomic E-state index is 0.0910. The summed E-state index contributed by atoms with van der Waals surface area (Å²) in [6.07, 6.45) is 3.95. The minimum Gasteiger partial charge on any atom is -0.508 e. The molecular formula is C46H48O9. The van der Waals surface area contributed by atoms with Crippen molar-refractivity contribution in [2.24, 2.45) is 5.92 Å². The van der Waals surface area contributed by atoms with Crippen LogP contribution in [0.5, 0.6) is 51.7 Å². The summed E-state index contributed by atoms with van der Waals surface area (Å²) in [5, 5.41) is 90.7. The highest BCUT2D eigenvalue weighted by Gasteiger charge is 2.25. The average Bonchev–Trinajstić information content (AvgIpc) is 3.17. The van der Waals surface area contributed by atoms with Gasteiger partial charge >= 0.3 is 0 Å². The molecular weight excluding hydrogens is 696 g/mol. The number of benzene rings is 6. The van der Waals surface area contributed by atoms with E-state index in [2.05, 4.69) is 6.92 Å². The summed E-state index contributed by atoms with van der Waals surface area (Å²) in [5.74, 6) is -0.879. The van der Waals surface area contributed by atoms with Crippen molar-refractivity contribution >= 4 is 0 Å². The second kappa shape index (κ2) is 18.5. The Kier molecular flexibility index (Phi) is 13.4. The Labute approximate surface area is 321 Å². The highest BCUT2D eigenvalue weighted by molar-refractivity contribution is 5.54. The van der Waals surface area contributed by atoms with E-state index in [4.69, 9.17) is 0 Å². The molecule has 0 fully saturated rings. The molecule has 0 bridgehead atoms. The lowest BCUT2D eigenvalue weighted by Gasteiger charge is -2.23. The smallest absolute Gasteiger partial charge is 0.161 e. The summed E-state index contributed by atoms with van der Waals surface area (Å²) in [6, 6.07) is 36.1. The fourth-order valence-electron chi connectivity index (χ4n) is 7.04. The van der Waals surface area contributed by atoms with Crippen molar-refractivity contribution in [3.8, 4) is 51.7 Å². The molecule has 0 amide bonds. The van der Waals surface area contributed by atoms with E-state index >= 15 is 0 Å². The van der Waals surface area contributed by atoms with Gasteiger partial charge in [-0.2, -0.15) is 0 Å². The van der Waals surface area contributed by atoms with Gasteiger partial charge < -0.3 is 46.0 Å². The molecule has 0 spiro atoms. The van der Waals surface area contributed by atoms with E-state index in [-0.39, 0.29) is 51.9 Å². The van der Waals surface area contributed by atoms with Crippen LogP contribution in [-0.2, 0) is 12.8 Å². The summed E-state index contributed by atoms with van der Waals surface area (Å²) < 4.78 is 0. The third kappa shape index (κ3) is 9.94. The van der Waals surface area contributed by atoms with Gasteiger partial charge in [-0.05, 0) is 92.0 Å². The monoisotopic (exact) mass is 744 g/mol. The van der Waals surface area contributed by atoms with Gasteiger partial charge in [0.15, 0.2) is 34.5 Å². The van der Waals surface area contributed by atoms with Crippen LogP contribution in [0.25, 0.3) is 0 Å². The van der Waals surface area contributed by atoms with Crippen LogP contribution >= 0.6 is 0 Å². The maximum Gasteiger partial charge on any atom is 0.161 e. The van der Waals surface area contributed by atoms with Crippen molar-refractivity contribution in [2.45, 2.75) is 57.3 Å². The number of aryl methyl sites for hydroxylation is 2. The molecule has 6 aromatic carbocycles. The van der Waals surface area contributed by atoms with Gasteiger partial charge in [-0.25, -0.2) is 0 Å². The van der Waals surface area contributed by atoms with Crippen LogP contribution in [0.1, 0.15) is 77.8 Å². The Morgan fingerprint density at radius 1 is 0.364 bits per heavy atom. The minimum atomic E-state index is -0.501. The number of hydrogen-bond acceptors (Lipinski definition) is 9. The molecule has 0 aliphatic heterocycles. The first-order valence-corrected chi connectivity index (χ1v) is 18.3. The summed E-state index contributed by atoms with van der Waals surface area (Å²) in [6.45, 7) is 2.17. The number of para-hydroxylation sites is 6. The van der Waals surface area contributed by atoms with Crippen LogP contribution in [0, 0.1) is 5.92 Å². The Morgan fingerprint density at radius 3 is 1.31 bits per heavy atom. The lowest BCUT2D eigenvalue weighted by atomic mass is 9.81. The van der Waals surface area contributed by atoms with E-state index in [0.717, 1.165) is 36.0 Å². The maximum absolute atomic E-state index is 10.4. The predicted octanol–water partition coefficient (Wildman–Crippen LogP) is 9.67. The highest BCUT2D eigenvalue weighted by atomic mass is 16.3. The lowest BCUT2D eigenvalue weighted by Crippen LogP contribution is -2.08. The Bertz CT molecular complexity index is 2080. The fraction of sp³-hybridized carbons (Fsp3) is 0.217. The van der Waals surface area contributed by atoms with Crippen LogP contribution in [0.2, 0.25) is 0 Å². The zero-order valence-electron chi connectivity index (χ0n) is 30.6. The first kappa shape index (κ1) is 39.7. The zero-order valence-corrected chi connectivity index (χ0v) is 30.6. The first-order chi connectivity index (χ1) is 26.5. The lowest BCUT2D eigenvalue weighted by molar-refractivity contribution is 0.387. The van der Waals surface area contributed by atoms with E-state index in [1.54, 1.807) is 54.6 Å². The van der Waals surface area contributed by atoms with Crippen molar-refractivity contribution in [1.29, 1.82) is 0 Å². The van der Waals surface area contributed by atoms with Crippen LogP contribution in [0.15, 0.2) is 127 Å². The predicted molar refractivity (Wildman–Crippen MR) is 212 cm³/mol. The Morgan fingerprint density at radius 2 is 0.782 bits per heavy atom. The molecule has 9 N–H and O–H groups in total. The van der Waals surface area contributed by atoms with Gasteiger partial charge in [0, 0.05) is 34.1 Å². The van der Waals surface area contributed by atoms with Crippen molar-refractivity contribution in [2.75, 3.05) is 0 Å². The van der Waals surface area contributed by atoms with Crippen molar-refractivity contribution in [1.82, 2.24) is 0 Å². The molecule has 0 radical (unpaired) electrons. The molecule has 6 rings (SSSR count). The van der Waals surface area contributed by atoms with Crippen LogP contribution in [-0.4, -0.2) is 46.0 Å². The van der Waals surface area contributed by atoms with E-state index in [0.29, 0.717) is 47.6 Å². The van der Waals surface area contributed by atoms with E-state index < -0.39 is 5.92 Å². The SMILES string of the molecule is CC(CCc1ccccc1O)CC(c1ccccc1O)c1ccccc1O.Oc1cccc(CCCC(c2cccc(O)c2O)c2cccc(O)c2O)c1O. The molecule has 9 nitrogen and oxygen atoms in total. The van der Waals surface area contributed by atoms with Crippen LogP contribution in [0.3, 0.4) is 0 Å². The molecule has 55 heavy (non-hydrogen) atoms. The normalized spacial score (nSPS) is 11.6. The number of phenolic OH excluding ortho intramolecular Hbond substituents is 9. The van der Waals surface area contributed by atoms with Crippen molar-refractivity contribution in [3.63, 3.8) is 0 Å². The molecule has 6 aromatic rings. The maximum atomic E-state index is 10.4. The molecule has 1 atom stereocenters. The Balaban J connectivity index is 0.000000211. The number of hydrogen-bond donors (Lipinski definition) is 9. The van der Waals surface area contributed by atoms with Crippen LogP contribution < -0.4 is 0 Å². The van der Waals surface area contributed by atoms with E-state index in [1.165, 1.54) is 18.2 Å². The standard InChI is InChI=1S/C24H26O3.C22H22O6/c1-17(14-15-18-8-2-5-11-22(18)25)16-21(19-9-3-6-12-23(19)26)20-10-4-7-13-24(20)27;23-17-10-2-6-13(20(17)26)5-1-7-14(15-8-3-11-18(24)21(15)27)16-9-4-12-19(25)22(16)28/h2-13,17,21,25-27H,14-16H2,1H3;2-4,6,8-12,14,23-28H,1,5,7H2. The molecule has 0 saturated carbocycles. The number of phenols is 9. The Hall–Kier alpha value is -6.48. The largest absolute Gasteiger partial charge is 0.508 e. The van der Waals surface area contributed by atoms with Gasteiger partial charge in [0.2, 0.25) is 0 Å². The third-order valence-electron chi connectivity index (χ3n) is 10.0. The molecule has 0 saturated heterocycles. The topological polar surface area (TPSA) is 182 Å². The van der Waals surface area contributed by atoms with Crippen LogP contribution in [0.4, 0.5) is 0 Å².